The maximum Gasteiger partial charge on any atom is 0.300 e. The van der Waals surface area contributed by atoms with Gasteiger partial charge in [-0.1, -0.05) is 77.8 Å². The van der Waals surface area contributed by atoms with Crippen molar-refractivity contribution in [3.63, 3.8) is 0 Å². The van der Waals surface area contributed by atoms with Gasteiger partial charge in [0.2, 0.25) is 41.4 Å². The quantitative estimate of drug-likeness (QED) is 0.0482. The molecule has 1 aromatic carbocycles. The lowest BCUT2D eigenvalue weighted by Gasteiger charge is -2.35. The third-order valence-corrected chi connectivity index (χ3v) is 14.9. The smallest absolute Gasteiger partial charge is 0.300 e. The van der Waals surface area contributed by atoms with Gasteiger partial charge in [-0.25, -0.2) is 0 Å². The van der Waals surface area contributed by atoms with E-state index in [9.17, 15) is 74.4 Å². The second kappa shape index (κ2) is 38.8. The Morgan fingerprint density at radius 1 is 0.706 bits per heavy atom. The minimum absolute atomic E-state index is 0.0163. The number of carboxylic acids is 2. The summed E-state index contributed by atoms with van der Waals surface area (Å²) >= 11 is 0. The molecule has 1 aromatic rings. The minimum atomic E-state index is -2.27. The number of unbranched alkanes of at least 4 members (excludes halogenated alkanes) is 5. The monoisotopic (exact) mass is 1210 g/mol. The number of nitrogens with zero attached hydrogens (tertiary/aromatic N) is 2. The molecule has 0 aliphatic carbocycles. The van der Waals surface area contributed by atoms with Crippen LogP contribution in [0.4, 0.5) is 0 Å². The first kappa shape index (κ1) is 74.9. The highest BCUT2D eigenvalue weighted by atomic mass is 16.4. The summed E-state index contributed by atoms with van der Waals surface area (Å²) in [5.41, 5.74) is 11.5. The zero-order valence-electron chi connectivity index (χ0n) is 49.5. The number of carbonyl (C=O) groups is 9. The van der Waals surface area contributed by atoms with Crippen molar-refractivity contribution in [1.82, 2.24) is 41.7 Å². The molecule has 0 spiro atoms. The Morgan fingerprint density at radius 2 is 1.31 bits per heavy atom. The number of aromatic hydroxyl groups is 1. The van der Waals surface area contributed by atoms with E-state index in [1.807, 2.05) is 0 Å². The Kier molecular flexibility index (Phi) is 34.2. The lowest BCUT2D eigenvalue weighted by molar-refractivity contribution is -0.148. The van der Waals surface area contributed by atoms with E-state index in [1.54, 1.807) is 0 Å². The van der Waals surface area contributed by atoms with Crippen LogP contribution in [0.3, 0.4) is 0 Å². The molecule has 29 heteroatoms. The SMILES string of the molecule is CC(=O)O.CC(=O)O.CCC(C)CC(C)CCCCCCCCC(=O)N[C@H]1CC[C@@H](O)[C@@H](NCCN)NC(=O)[C@@H]2[C@@H](O)CCN2C(=O)[C@H]([C@H](O)CCN)NC(=O)[C@H]([C@@H](O)[C@H](O)c2ccc(O)cc2)NC(=O)[C@@H]2C[C@@H](O)CN2C(=O)[C@H](CO)NC1=O. The van der Waals surface area contributed by atoms with Gasteiger partial charge >= 0.3 is 0 Å². The van der Waals surface area contributed by atoms with Crippen LogP contribution in [-0.2, 0) is 43.2 Å². The fourth-order valence-corrected chi connectivity index (χ4v) is 10.2. The van der Waals surface area contributed by atoms with Gasteiger partial charge in [0, 0.05) is 52.9 Å². The summed E-state index contributed by atoms with van der Waals surface area (Å²) in [6, 6.07) is -6.03. The average molecular weight is 1210 g/mol. The zero-order chi connectivity index (χ0) is 64.1. The molecular formula is C56H96N10O19. The number of aliphatic hydroxyl groups is 7. The fourth-order valence-electron chi connectivity index (χ4n) is 10.2. The van der Waals surface area contributed by atoms with Gasteiger partial charge in [0.1, 0.15) is 60.4 Å². The van der Waals surface area contributed by atoms with Gasteiger partial charge < -0.3 is 98.9 Å². The van der Waals surface area contributed by atoms with Crippen molar-refractivity contribution in [3.8, 4) is 5.75 Å². The number of aliphatic hydroxyl groups excluding tert-OH is 7. The number of hydrogen-bond donors (Lipinski definition) is 18. The third kappa shape index (κ3) is 25.8. The molecule has 0 saturated carbocycles. The summed E-state index contributed by atoms with van der Waals surface area (Å²) in [6.07, 6.45) is -4.52. The summed E-state index contributed by atoms with van der Waals surface area (Å²) < 4.78 is 0. The van der Waals surface area contributed by atoms with Crippen molar-refractivity contribution in [2.75, 3.05) is 39.3 Å². The molecule has 0 aromatic heterocycles. The highest BCUT2D eigenvalue weighted by molar-refractivity contribution is 5.98. The lowest BCUT2D eigenvalue weighted by Crippen LogP contribution is -2.65. The molecule has 0 radical (unpaired) electrons. The number of nitrogens with two attached hydrogens (primary N) is 2. The number of carbonyl (C=O) groups excluding carboxylic acids is 7. The Hall–Kier alpha value is -6.15. The van der Waals surface area contributed by atoms with Crippen LogP contribution in [-0.4, -0.2) is 226 Å². The largest absolute Gasteiger partial charge is 0.508 e. The number of phenols is 1. The summed E-state index contributed by atoms with van der Waals surface area (Å²) in [5, 5.41) is 119. The molecule has 4 rings (SSSR count). The van der Waals surface area contributed by atoms with Crippen LogP contribution in [0.15, 0.2) is 24.3 Å². The molecule has 0 bridgehead atoms. The number of amides is 7. The molecule has 15 atom stereocenters. The Bertz CT molecular complexity index is 2250. The van der Waals surface area contributed by atoms with E-state index in [-0.39, 0.29) is 69.6 Å². The summed E-state index contributed by atoms with van der Waals surface area (Å²) in [5.74, 6) is -7.79. The molecule has 3 aliphatic heterocycles. The Morgan fingerprint density at radius 3 is 1.89 bits per heavy atom. The maximum atomic E-state index is 14.6. The van der Waals surface area contributed by atoms with Crippen LogP contribution < -0.4 is 43.4 Å². The molecule has 29 nitrogen and oxygen atoms in total. The van der Waals surface area contributed by atoms with Crippen molar-refractivity contribution >= 4 is 53.3 Å². The normalized spacial score (nSPS) is 26.3. The number of fused-ring (bicyclic) bond motifs is 2. The van der Waals surface area contributed by atoms with Gasteiger partial charge in [0.05, 0.1) is 31.0 Å². The molecule has 3 fully saturated rings. The molecule has 2 unspecified atom stereocenters. The second-order valence-electron chi connectivity index (χ2n) is 22.2. The van der Waals surface area contributed by atoms with E-state index >= 15 is 0 Å². The minimum Gasteiger partial charge on any atom is -0.508 e. The summed E-state index contributed by atoms with van der Waals surface area (Å²) in [4.78, 5) is 119. The summed E-state index contributed by atoms with van der Waals surface area (Å²) in [7, 11) is 0. The van der Waals surface area contributed by atoms with Gasteiger partial charge in [-0.2, -0.15) is 0 Å². The van der Waals surface area contributed by atoms with Crippen molar-refractivity contribution < 1.29 is 94.2 Å². The van der Waals surface area contributed by atoms with Gasteiger partial charge in [-0.15, -0.1) is 0 Å². The van der Waals surface area contributed by atoms with Gasteiger partial charge in [0.25, 0.3) is 11.9 Å². The average Bonchev–Trinajstić information content (AvgIpc) is 2.61. The van der Waals surface area contributed by atoms with E-state index in [4.69, 9.17) is 31.3 Å². The number of phenolic OH excluding ortho intramolecular Hbond substituents is 1. The van der Waals surface area contributed by atoms with E-state index in [0.717, 1.165) is 68.6 Å². The number of nitrogens with one attached hydrogen (secondary N) is 6. The first-order valence-electron chi connectivity index (χ1n) is 29.2. The zero-order valence-corrected chi connectivity index (χ0v) is 49.5. The van der Waals surface area contributed by atoms with Crippen LogP contribution in [0.25, 0.3) is 0 Å². The Balaban J connectivity index is 0.00000289. The number of carboxylic acid groups (broad SMARTS) is 2. The lowest BCUT2D eigenvalue weighted by atomic mass is 9.91. The molecule has 3 heterocycles. The van der Waals surface area contributed by atoms with E-state index < -0.39 is 152 Å². The van der Waals surface area contributed by atoms with E-state index in [1.165, 1.54) is 30.7 Å². The predicted octanol–water partition coefficient (Wildman–Crippen LogP) is -3.13. The third-order valence-electron chi connectivity index (χ3n) is 14.9. The van der Waals surface area contributed by atoms with Crippen molar-refractivity contribution in [2.24, 2.45) is 23.3 Å². The van der Waals surface area contributed by atoms with E-state index in [0.29, 0.717) is 18.3 Å². The number of hydrogen-bond acceptors (Lipinski definition) is 20. The molecule has 3 saturated heterocycles. The molecule has 484 valence electrons. The first-order chi connectivity index (χ1) is 40.1. The molecule has 85 heavy (non-hydrogen) atoms. The van der Waals surface area contributed by atoms with Gasteiger partial charge in [0.15, 0.2) is 0 Å². The highest BCUT2D eigenvalue weighted by Crippen LogP contribution is 2.26. The van der Waals surface area contributed by atoms with Crippen molar-refractivity contribution in [3.05, 3.63) is 29.8 Å². The molecule has 7 amide bonds. The van der Waals surface area contributed by atoms with Gasteiger partial charge in [-0.05, 0) is 74.6 Å². The van der Waals surface area contributed by atoms with Crippen LogP contribution in [0, 0.1) is 11.8 Å². The fraction of sp³-hybridized carbons (Fsp3) is 0.732. The number of rotatable bonds is 23. The predicted molar refractivity (Wildman–Crippen MR) is 307 cm³/mol. The van der Waals surface area contributed by atoms with Gasteiger partial charge in [-0.3, -0.25) is 48.5 Å². The second-order valence-corrected chi connectivity index (χ2v) is 22.2. The summed E-state index contributed by atoms with van der Waals surface area (Å²) in [6.45, 7) is 6.87. The molecule has 3 aliphatic rings. The van der Waals surface area contributed by atoms with Crippen LogP contribution >= 0.6 is 0 Å². The standard InChI is InChI=1S/C52H88N10O15.2C2H4O2/c1-4-29(2)25-30(3)11-9-7-5-6-8-10-12-40(69)56-34-17-18-39(68)46(55-23-22-54)60-50(75)43-38(67)20-24-61(43)52(77)41(37(66)19-21-53)58-49(74)42(45(71)44(70)31-13-15-32(64)16-14-31)59-48(73)36-26-33(65)27-62(36)51(76)35(28-63)57-47(34)72;2*1-2(3)4/h13-16,29-30,33-39,41-46,55,63-68,70-71H,4-12,17-28,53-54H2,1-3H3,(H,56,69)(H,57,72)(H,58,74)(H,59,73)(H,60,75);2*1H3,(H,3,4)/t29?,30?,33-,34+,35+,36+,37-,38+,39-,41+,42+,43+,44-,45-,46+;;/m1../s1. The number of benzene rings is 1. The molecular weight excluding hydrogens is 1120 g/mol. The van der Waals surface area contributed by atoms with Crippen molar-refractivity contribution in [1.29, 1.82) is 0 Å². The van der Waals surface area contributed by atoms with E-state index in [2.05, 4.69) is 52.7 Å². The number of aliphatic carboxylic acids is 2. The molecule has 20 N–H and O–H groups in total. The highest BCUT2D eigenvalue weighted by Gasteiger charge is 2.48. The Labute approximate surface area is 496 Å². The van der Waals surface area contributed by atoms with Crippen molar-refractivity contribution in [2.45, 2.75) is 210 Å². The first-order valence-corrected chi connectivity index (χ1v) is 29.2. The van der Waals surface area contributed by atoms with Crippen LogP contribution in [0.1, 0.15) is 143 Å². The topological polar surface area (TPSA) is 487 Å². The van der Waals surface area contributed by atoms with Crippen LogP contribution in [0.2, 0.25) is 0 Å². The van der Waals surface area contributed by atoms with Crippen LogP contribution in [0.5, 0.6) is 5.75 Å². The maximum absolute atomic E-state index is 14.6.